The third kappa shape index (κ3) is 0.844. The van der Waals surface area contributed by atoms with Gasteiger partial charge in [-0.1, -0.05) is 0 Å². The Labute approximate surface area is 62.8 Å². The molecule has 0 saturated heterocycles. The number of rotatable bonds is 1. The van der Waals surface area contributed by atoms with Crippen LogP contribution < -0.4 is 0 Å². The molecule has 0 unspecified atom stereocenters. The van der Waals surface area contributed by atoms with Crippen molar-refractivity contribution in [3.63, 3.8) is 0 Å². The zero-order valence-corrected chi connectivity index (χ0v) is 6.01. The maximum Gasteiger partial charge on any atom is 0.182 e. The first-order chi connectivity index (χ1) is 4.97. The second kappa shape index (κ2) is 2.27. The lowest BCUT2D eigenvalue weighted by molar-refractivity contribution is 1.07. The molecule has 0 aromatic carbocycles. The summed E-state index contributed by atoms with van der Waals surface area (Å²) in [5.41, 5.74) is 0. The summed E-state index contributed by atoms with van der Waals surface area (Å²) in [4.78, 5) is 3.82. The van der Waals surface area contributed by atoms with Crippen molar-refractivity contribution in [2.75, 3.05) is 0 Å². The quantitative estimate of drug-likeness (QED) is 0.603. The maximum atomic E-state index is 3.82. The molecule has 10 heavy (non-hydrogen) atoms. The maximum absolute atomic E-state index is 3.82. The number of hydrogen-bond acceptors (Lipinski definition) is 2. The molecular formula is C7H5N2S. The van der Waals surface area contributed by atoms with Gasteiger partial charge in [-0.3, -0.25) is 4.57 Å². The number of aromatic nitrogens is 2. The average molecular weight is 149 g/mol. The summed E-state index contributed by atoms with van der Waals surface area (Å²) in [7, 11) is 0. The van der Waals surface area contributed by atoms with Gasteiger partial charge < -0.3 is 0 Å². The van der Waals surface area contributed by atoms with Crippen molar-refractivity contribution < 1.29 is 0 Å². The molecule has 2 heterocycles. The fraction of sp³-hybridized carbons (Fsp3) is 0. The molecule has 0 N–H and O–H groups in total. The van der Waals surface area contributed by atoms with Gasteiger partial charge in [0.25, 0.3) is 0 Å². The van der Waals surface area contributed by atoms with E-state index in [2.05, 4.69) is 11.3 Å². The molecule has 0 fully saturated rings. The summed E-state index contributed by atoms with van der Waals surface area (Å²) in [6.07, 6.45) is 6.42. The topological polar surface area (TPSA) is 17.8 Å². The van der Waals surface area contributed by atoms with Crippen LogP contribution in [0.4, 0.5) is 0 Å². The van der Waals surface area contributed by atoms with Crippen molar-refractivity contribution in [2.24, 2.45) is 0 Å². The standard InChI is InChI=1S/C7H5N2S/c1-2-7(10-5-1)9-4-3-8-6-9/h1-5H. The van der Waals surface area contributed by atoms with Crippen LogP contribution in [-0.2, 0) is 0 Å². The molecule has 0 aliphatic heterocycles. The molecule has 0 aliphatic carbocycles. The molecule has 49 valence electrons. The van der Waals surface area contributed by atoms with Crippen molar-refractivity contribution >= 4 is 11.3 Å². The van der Waals surface area contributed by atoms with E-state index in [1.165, 1.54) is 0 Å². The van der Waals surface area contributed by atoms with E-state index in [0.29, 0.717) is 0 Å². The van der Waals surface area contributed by atoms with E-state index >= 15 is 0 Å². The number of hydrogen-bond donors (Lipinski definition) is 0. The summed E-state index contributed by atoms with van der Waals surface area (Å²) in [5, 5.41) is 3.18. The van der Waals surface area contributed by atoms with Crippen molar-refractivity contribution in [1.29, 1.82) is 0 Å². The van der Waals surface area contributed by atoms with Crippen LogP contribution in [0.2, 0.25) is 0 Å². The van der Waals surface area contributed by atoms with Gasteiger partial charge in [0.15, 0.2) is 6.33 Å². The molecule has 2 rings (SSSR count). The summed E-state index contributed by atoms with van der Waals surface area (Å²) in [5.74, 6) is 0. The van der Waals surface area contributed by atoms with Crippen molar-refractivity contribution in [1.82, 2.24) is 9.55 Å². The first-order valence-corrected chi connectivity index (χ1v) is 3.80. The Bertz CT molecular complexity index is 251. The number of nitrogens with zero attached hydrogens (tertiary/aromatic N) is 2. The Kier molecular flexibility index (Phi) is 1.29. The molecule has 0 spiro atoms. The fourth-order valence-electron chi connectivity index (χ4n) is 0.759. The van der Waals surface area contributed by atoms with Gasteiger partial charge in [0, 0.05) is 12.4 Å². The van der Waals surface area contributed by atoms with E-state index in [4.69, 9.17) is 0 Å². The highest BCUT2D eigenvalue weighted by atomic mass is 32.1. The van der Waals surface area contributed by atoms with Crippen molar-refractivity contribution in [3.8, 4) is 5.00 Å². The second-order valence-corrected chi connectivity index (χ2v) is 2.77. The molecule has 2 aromatic rings. The van der Waals surface area contributed by atoms with Crippen LogP contribution in [0.15, 0.2) is 29.9 Å². The van der Waals surface area contributed by atoms with Crippen molar-refractivity contribution in [3.05, 3.63) is 36.2 Å². The Morgan fingerprint density at radius 3 is 3.20 bits per heavy atom. The molecule has 0 atom stereocenters. The van der Waals surface area contributed by atoms with Gasteiger partial charge in [0.05, 0.1) is 0 Å². The second-order valence-electron chi connectivity index (χ2n) is 1.85. The van der Waals surface area contributed by atoms with Gasteiger partial charge in [-0.25, -0.2) is 4.98 Å². The zero-order chi connectivity index (χ0) is 6.81. The van der Waals surface area contributed by atoms with Gasteiger partial charge in [-0.2, -0.15) is 0 Å². The highest BCUT2D eigenvalue weighted by Gasteiger charge is 1.93. The van der Waals surface area contributed by atoms with Gasteiger partial charge >= 0.3 is 0 Å². The van der Waals surface area contributed by atoms with E-state index in [9.17, 15) is 0 Å². The zero-order valence-electron chi connectivity index (χ0n) is 5.19. The predicted octanol–water partition coefficient (Wildman–Crippen LogP) is 1.73. The Hall–Kier alpha value is -1.09. The smallest absolute Gasteiger partial charge is 0.182 e. The minimum atomic E-state index is 1.15. The Morgan fingerprint density at radius 1 is 1.60 bits per heavy atom. The molecule has 2 nitrogen and oxygen atoms in total. The SMILES string of the molecule is [c]1nccn1-c1cccs1. The molecule has 0 bridgehead atoms. The molecule has 0 saturated carbocycles. The Morgan fingerprint density at radius 2 is 2.60 bits per heavy atom. The average Bonchev–Trinajstić information content (AvgIpc) is 2.59. The summed E-state index contributed by atoms with van der Waals surface area (Å²) < 4.78 is 1.87. The van der Waals surface area contributed by atoms with Crippen LogP contribution in [0.1, 0.15) is 0 Å². The lowest BCUT2D eigenvalue weighted by Gasteiger charge is -1.91. The van der Waals surface area contributed by atoms with E-state index in [1.54, 1.807) is 17.5 Å². The lowest BCUT2D eigenvalue weighted by Crippen LogP contribution is -1.83. The van der Waals surface area contributed by atoms with Crippen LogP contribution in [-0.4, -0.2) is 9.55 Å². The summed E-state index contributed by atoms with van der Waals surface area (Å²) in [6.45, 7) is 0. The largest absolute Gasteiger partial charge is 0.288 e. The molecule has 0 amide bonds. The minimum Gasteiger partial charge on any atom is -0.288 e. The van der Waals surface area contributed by atoms with E-state index in [1.807, 2.05) is 28.3 Å². The molecule has 0 aliphatic rings. The molecule has 3 heteroatoms. The van der Waals surface area contributed by atoms with Gasteiger partial charge in [0.2, 0.25) is 0 Å². The van der Waals surface area contributed by atoms with E-state index < -0.39 is 0 Å². The van der Waals surface area contributed by atoms with Crippen LogP contribution in [0.3, 0.4) is 0 Å². The normalized spacial score (nSPS) is 10.0. The Balaban J connectivity index is 2.48. The van der Waals surface area contributed by atoms with Crippen LogP contribution in [0, 0.1) is 6.33 Å². The highest BCUT2D eigenvalue weighted by Crippen LogP contribution is 2.12. The third-order valence-corrected chi connectivity index (χ3v) is 2.07. The number of imidazole rings is 1. The van der Waals surface area contributed by atoms with Crippen LogP contribution in [0.5, 0.6) is 0 Å². The third-order valence-electron chi connectivity index (χ3n) is 1.20. The fourth-order valence-corrected chi connectivity index (χ4v) is 1.43. The predicted molar refractivity (Wildman–Crippen MR) is 40.3 cm³/mol. The van der Waals surface area contributed by atoms with E-state index in [-0.39, 0.29) is 0 Å². The molecule has 1 radical (unpaired) electrons. The molecular weight excluding hydrogens is 144 g/mol. The highest BCUT2D eigenvalue weighted by molar-refractivity contribution is 7.12. The minimum absolute atomic E-state index is 1.15. The van der Waals surface area contributed by atoms with Gasteiger partial charge in [0.1, 0.15) is 5.00 Å². The van der Waals surface area contributed by atoms with Gasteiger partial charge in [-0.05, 0) is 17.5 Å². The van der Waals surface area contributed by atoms with Crippen LogP contribution >= 0.6 is 11.3 Å². The lowest BCUT2D eigenvalue weighted by atomic mass is 10.6. The van der Waals surface area contributed by atoms with Gasteiger partial charge in [-0.15, -0.1) is 11.3 Å². The summed E-state index contributed by atoms with van der Waals surface area (Å²) >= 11 is 1.67. The summed E-state index contributed by atoms with van der Waals surface area (Å²) in [6, 6.07) is 4.04. The first-order valence-electron chi connectivity index (χ1n) is 2.92. The van der Waals surface area contributed by atoms with E-state index in [0.717, 1.165) is 5.00 Å². The van der Waals surface area contributed by atoms with Crippen molar-refractivity contribution in [2.45, 2.75) is 0 Å². The molecule has 2 aromatic heterocycles. The monoisotopic (exact) mass is 149 g/mol. The van der Waals surface area contributed by atoms with Crippen LogP contribution in [0.25, 0.3) is 5.00 Å². The first kappa shape index (κ1) is 5.68. The number of thiophene rings is 1.